The van der Waals surface area contributed by atoms with Crippen LogP contribution < -0.4 is 15.0 Å². The van der Waals surface area contributed by atoms with Gasteiger partial charge >= 0.3 is 0 Å². The second-order valence-electron chi connectivity index (χ2n) is 9.09. The van der Waals surface area contributed by atoms with E-state index in [1.807, 2.05) is 18.2 Å². The zero-order valence-electron chi connectivity index (χ0n) is 21.1. The monoisotopic (exact) mass is 574 g/mol. The van der Waals surface area contributed by atoms with Crippen LogP contribution >= 0.6 is 22.9 Å². The van der Waals surface area contributed by atoms with E-state index in [2.05, 4.69) is 4.98 Å². The molecule has 2 aromatic heterocycles. The SMILES string of the molecule is COc1cc(-n2cnc3cc(-c4ccc(Cl)cc4)sc3c2=O)ccc1OCC(C)O[C@H]1OC[C@@H](O)[C@H](O)[C@H]1O. The molecule has 0 bridgehead atoms. The average Bonchev–Trinajstić information content (AvgIpc) is 3.38. The largest absolute Gasteiger partial charge is 0.493 e. The molecule has 0 amide bonds. The minimum absolute atomic E-state index is 0.0804. The molecule has 3 heterocycles. The van der Waals surface area contributed by atoms with Crippen molar-refractivity contribution in [3.05, 3.63) is 70.2 Å². The molecule has 2 aromatic carbocycles. The summed E-state index contributed by atoms with van der Waals surface area (Å²) in [5.41, 5.74) is 1.91. The number of hydrogen-bond acceptors (Lipinski definition) is 10. The van der Waals surface area contributed by atoms with E-state index in [1.54, 1.807) is 37.3 Å². The molecule has 0 spiro atoms. The van der Waals surface area contributed by atoms with Crippen molar-refractivity contribution in [2.24, 2.45) is 0 Å². The minimum atomic E-state index is -1.39. The maximum atomic E-state index is 13.3. The lowest BCUT2D eigenvalue weighted by molar-refractivity contribution is -0.282. The number of aromatic nitrogens is 2. The number of aliphatic hydroxyl groups excluding tert-OH is 3. The van der Waals surface area contributed by atoms with Gasteiger partial charge in [0.25, 0.3) is 5.56 Å². The lowest BCUT2D eigenvalue weighted by Crippen LogP contribution is -2.54. The summed E-state index contributed by atoms with van der Waals surface area (Å²) in [4.78, 5) is 18.7. The molecule has 5 rings (SSSR count). The lowest BCUT2D eigenvalue weighted by Gasteiger charge is -2.36. The van der Waals surface area contributed by atoms with Gasteiger partial charge in [-0.3, -0.25) is 9.36 Å². The van der Waals surface area contributed by atoms with E-state index in [0.29, 0.717) is 32.4 Å². The van der Waals surface area contributed by atoms with Crippen LogP contribution in [0.25, 0.3) is 26.3 Å². The Bertz CT molecular complexity index is 1510. The van der Waals surface area contributed by atoms with Gasteiger partial charge in [0.15, 0.2) is 17.8 Å². The highest BCUT2D eigenvalue weighted by Crippen LogP contribution is 2.33. The summed E-state index contributed by atoms with van der Waals surface area (Å²) < 4.78 is 24.2. The Balaban J connectivity index is 1.31. The van der Waals surface area contributed by atoms with E-state index in [4.69, 9.17) is 30.5 Å². The van der Waals surface area contributed by atoms with Gasteiger partial charge in [0, 0.05) is 16.0 Å². The highest BCUT2D eigenvalue weighted by molar-refractivity contribution is 7.22. The van der Waals surface area contributed by atoms with Crippen LogP contribution in [-0.2, 0) is 9.47 Å². The molecule has 4 aromatic rings. The normalized spacial score (nSPS) is 22.1. The van der Waals surface area contributed by atoms with Crippen LogP contribution in [-0.4, -0.2) is 75.9 Å². The number of nitrogens with zero attached hydrogens (tertiary/aromatic N) is 2. The quantitative estimate of drug-likeness (QED) is 0.290. The minimum Gasteiger partial charge on any atom is -0.493 e. The number of rotatable bonds is 8. The molecule has 5 atom stereocenters. The van der Waals surface area contributed by atoms with Crippen molar-refractivity contribution in [3.8, 4) is 27.6 Å². The molecule has 0 saturated carbocycles. The Hall–Kier alpha value is -3.03. The van der Waals surface area contributed by atoms with Gasteiger partial charge in [0.05, 0.1) is 31.0 Å². The predicted octanol–water partition coefficient (Wildman–Crippen LogP) is 3.00. The molecule has 1 fully saturated rings. The molecular formula is C27H27ClN2O8S. The summed E-state index contributed by atoms with van der Waals surface area (Å²) >= 11 is 7.36. The summed E-state index contributed by atoms with van der Waals surface area (Å²) in [6.45, 7) is 1.64. The van der Waals surface area contributed by atoms with E-state index in [0.717, 1.165) is 10.4 Å². The van der Waals surface area contributed by atoms with Crippen LogP contribution in [0, 0.1) is 0 Å². The predicted molar refractivity (Wildman–Crippen MR) is 146 cm³/mol. The third kappa shape index (κ3) is 5.80. The number of hydrogen-bond donors (Lipinski definition) is 3. The van der Waals surface area contributed by atoms with Crippen molar-refractivity contribution in [3.63, 3.8) is 0 Å². The number of fused-ring (bicyclic) bond motifs is 1. The zero-order valence-corrected chi connectivity index (χ0v) is 22.6. The van der Waals surface area contributed by atoms with Crippen LogP contribution in [0.5, 0.6) is 11.5 Å². The fourth-order valence-corrected chi connectivity index (χ4v) is 5.32. The second-order valence-corrected chi connectivity index (χ2v) is 10.6. The first kappa shape index (κ1) is 27.5. The van der Waals surface area contributed by atoms with Gasteiger partial charge < -0.3 is 34.3 Å². The van der Waals surface area contributed by atoms with E-state index in [9.17, 15) is 20.1 Å². The summed E-state index contributed by atoms with van der Waals surface area (Å²) in [6, 6.07) is 14.4. The average molecular weight is 575 g/mol. The summed E-state index contributed by atoms with van der Waals surface area (Å²) in [6.07, 6.45) is -4.07. The Morgan fingerprint density at radius 2 is 1.90 bits per heavy atom. The van der Waals surface area contributed by atoms with Crippen molar-refractivity contribution < 1.29 is 34.3 Å². The summed E-state index contributed by atoms with van der Waals surface area (Å²) in [7, 11) is 1.49. The van der Waals surface area contributed by atoms with E-state index >= 15 is 0 Å². The van der Waals surface area contributed by atoms with Gasteiger partial charge in [-0.25, -0.2) is 4.98 Å². The molecule has 206 valence electrons. The molecular weight excluding hydrogens is 548 g/mol. The fraction of sp³-hybridized carbons (Fsp3) is 0.333. The van der Waals surface area contributed by atoms with Crippen LogP contribution in [0.2, 0.25) is 5.02 Å². The Kier molecular flexibility index (Phi) is 8.19. The zero-order chi connectivity index (χ0) is 27.7. The Labute approximate surface area is 232 Å². The van der Waals surface area contributed by atoms with Crippen LogP contribution in [0.3, 0.4) is 0 Å². The van der Waals surface area contributed by atoms with E-state index in [1.165, 1.54) is 29.3 Å². The third-order valence-corrected chi connectivity index (χ3v) is 7.70. The lowest BCUT2D eigenvalue weighted by atomic mass is 10.1. The van der Waals surface area contributed by atoms with Crippen molar-refractivity contribution in [1.82, 2.24) is 9.55 Å². The molecule has 1 saturated heterocycles. The van der Waals surface area contributed by atoms with Gasteiger partial charge in [-0.15, -0.1) is 11.3 Å². The fourth-order valence-electron chi connectivity index (χ4n) is 4.15. The molecule has 0 radical (unpaired) electrons. The number of thiophene rings is 1. The topological polar surface area (TPSA) is 133 Å². The van der Waals surface area contributed by atoms with Crippen LogP contribution in [0.15, 0.2) is 59.7 Å². The maximum absolute atomic E-state index is 13.3. The molecule has 1 aliphatic heterocycles. The first-order chi connectivity index (χ1) is 18.7. The molecule has 39 heavy (non-hydrogen) atoms. The first-order valence-electron chi connectivity index (χ1n) is 12.1. The second kappa shape index (κ2) is 11.6. The maximum Gasteiger partial charge on any atom is 0.275 e. The van der Waals surface area contributed by atoms with Crippen molar-refractivity contribution in [1.29, 1.82) is 0 Å². The molecule has 1 aliphatic rings. The number of ether oxygens (including phenoxy) is 4. The van der Waals surface area contributed by atoms with E-state index in [-0.39, 0.29) is 18.8 Å². The van der Waals surface area contributed by atoms with Gasteiger partial charge in [0.2, 0.25) is 0 Å². The standard InChI is InChI=1S/C27H27ClN2O8S/c1-14(38-27-24(33)23(32)19(31)12-37-27)11-36-20-8-7-17(9-21(20)35-2)30-13-29-18-10-22(39-25(18)26(30)34)15-3-5-16(28)6-4-15/h3-10,13-14,19,23-24,27,31-33H,11-12H2,1-2H3/t14?,19-,23+,24-,27-/m1/s1. The van der Waals surface area contributed by atoms with Crippen molar-refractivity contribution in [2.45, 2.75) is 37.6 Å². The van der Waals surface area contributed by atoms with Crippen molar-refractivity contribution in [2.75, 3.05) is 20.3 Å². The Morgan fingerprint density at radius 3 is 2.64 bits per heavy atom. The molecule has 3 N–H and O–H groups in total. The van der Waals surface area contributed by atoms with Gasteiger partial charge in [-0.05, 0) is 42.8 Å². The van der Waals surface area contributed by atoms with Crippen molar-refractivity contribution >= 4 is 33.2 Å². The first-order valence-corrected chi connectivity index (χ1v) is 13.3. The molecule has 10 nitrogen and oxygen atoms in total. The third-order valence-electron chi connectivity index (χ3n) is 6.29. The van der Waals surface area contributed by atoms with Gasteiger partial charge in [-0.1, -0.05) is 23.7 Å². The summed E-state index contributed by atoms with van der Waals surface area (Å²) in [5.74, 6) is 0.813. The molecule has 12 heteroatoms. The number of benzene rings is 2. The highest BCUT2D eigenvalue weighted by atomic mass is 35.5. The van der Waals surface area contributed by atoms with Gasteiger partial charge in [-0.2, -0.15) is 0 Å². The van der Waals surface area contributed by atoms with Crippen LogP contribution in [0.1, 0.15) is 6.92 Å². The highest BCUT2D eigenvalue weighted by Gasteiger charge is 2.39. The molecule has 0 aliphatic carbocycles. The van der Waals surface area contributed by atoms with E-state index < -0.39 is 30.7 Å². The van der Waals surface area contributed by atoms with Crippen LogP contribution in [0.4, 0.5) is 0 Å². The number of halogens is 1. The number of aliphatic hydroxyl groups is 3. The number of methoxy groups -OCH3 is 1. The Morgan fingerprint density at radius 1 is 1.13 bits per heavy atom. The van der Waals surface area contributed by atoms with Gasteiger partial charge in [0.1, 0.15) is 35.9 Å². The smallest absolute Gasteiger partial charge is 0.275 e. The molecule has 1 unspecified atom stereocenters. The summed E-state index contributed by atoms with van der Waals surface area (Å²) in [5, 5.41) is 30.1.